The molecular weight excluding hydrogens is 334 g/mol. The van der Waals surface area contributed by atoms with Gasteiger partial charge in [-0.1, -0.05) is 24.3 Å². The van der Waals surface area contributed by atoms with Gasteiger partial charge >= 0.3 is 5.97 Å². The number of carboxylic acid groups (broad SMARTS) is 1. The van der Waals surface area contributed by atoms with Crippen LogP contribution in [0.4, 0.5) is 0 Å². The molecule has 1 aromatic rings. The minimum absolute atomic E-state index is 0.244. The van der Waals surface area contributed by atoms with E-state index in [1.54, 1.807) is 0 Å². The Morgan fingerprint density at radius 3 is 2.15 bits per heavy atom. The Balaban J connectivity index is 1.40. The lowest BCUT2D eigenvalue weighted by Crippen LogP contribution is -2.25. The molecule has 1 aromatic carbocycles. The minimum Gasteiger partial charge on any atom is -0.481 e. The molecule has 0 heterocycles. The molecule has 0 saturated heterocycles. The Bertz CT molecular complexity index is 669. The average molecular weight is 366 g/mol. The third kappa shape index (κ3) is 5.70. The SMILES string of the molecule is N#Cc1ccc([C@H]2CC[C@H]([C@H]3CC[C@H](C=CCCC(=O)O)CC3)CC2)cc1. The quantitative estimate of drug-likeness (QED) is 0.623. The third-order valence-corrected chi connectivity index (χ3v) is 6.70. The van der Waals surface area contributed by atoms with Gasteiger partial charge in [-0.15, -0.1) is 0 Å². The summed E-state index contributed by atoms with van der Waals surface area (Å²) < 4.78 is 0. The van der Waals surface area contributed by atoms with E-state index >= 15 is 0 Å². The second-order valence-electron chi connectivity index (χ2n) is 8.38. The number of nitrogens with zero attached hydrogens (tertiary/aromatic N) is 1. The number of rotatable bonds is 6. The van der Waals surface area contributed by atoms with Gasteiger partial charge in [0.15, 0.2) is 0 Å². The predicted octanol–water partition coefficient (Wildman–Crippen LogP) is 6.06. The average Bonchev–Trinajstić information content (AvgIpc) is 2.72. The van der Waals surface area contributed by atoms with E-state index in [4.69, 9.17) is 10.4 Å². The molecule has 2 saturated carbocycles. The van der Waals surface area contributed by atoms with Crippen LogP contribution in [0.3, 0.4) is 0 Å². The van der Waals surface area contributed by atoms with E-state index in [0.29, 0.717) is 18.3 Å². The number of hydrogen-bond acceptors (Lipinski definition) is 2. The van der Waals surface area contributed by atoms with Crippen LogP contribution in [-0.2, 0) is 4.79 Å². The number of nitriles is 1. The lowest BCUT2D eigenvalue weighted by molar-refractivity contribution is -0.136. The van der Waals surface area contributed by atoms with Gasteiger partial charge in [-0.2, -0.15) is 5.26 Å². The molecular formula is C24H31NO2. The summed E-state index contributed by atoms with van der Waals surface area (Å²) in [6, 6.07) is 10.4. The summed E-state index contributed by atoms with van der Waals surface area (Å²) in [5.41, 5.74) is 2.16. The molecule has 2 aliphatic rings. The highest BCUT2D eigenvalue weighted by Crippen LogP contribution is 2.44. The van der Waals surface area contributed by atoms with Crippen LogP contribution in [0.5, 0.6) is 0 Å². The zero-order chi connectivity index (χ0) is 19.1. The van der Waals surface area contributed by atoms with Crippen molar-refractivity contribution in [1.82, 2.24) is 0 Å². The molecule has 0 spiro atoms. The Morgan fingerprint density at radius 2 is 1.59 bits per heavy atom. The number of benzene rings is 1. The van der Waals surface area contributed by atoms with E-state index < -0.39 is 5.97 Å². The molecule has 27 heavy (non-hydrogen) atoms. The molecule has 144 valence electrons. The van der Waals surface area contributed by atoms with Crippen molar-refractivity contribution >= 4 is 5.97 Å². The first-order chi connectivity index (χ1) is 13.2. The number of carbonyl (C=O) groups is 1. The fourth-order valence-electron chi connectivity index (χ4n) is 5.06. The largest absolute Gasteiger partial charge is 0.481 e. The summed E-state index contributed by atoms with van der Waals surface area (Å²) in [6.45, 7) is 0. The first-order valence-electron chi connectivity index (χ1n) is 10.5. The molecule has 3 nitrogen and oxygen atoms in total. The predicted molar refractivity (Wildman–Crippen MR) is 107 cm³/mol. The molecule has 0 radical (unpaired) electrons. The Morgan fingerprint density at radius 1 is 1.00 bits per heavy atom. The Hall–Kier alpha value is -2.08. The van der Waals surface area contributed by atoms with Gasteiger partial charge in [0.05, 0.1) is 11.6 Å². The summed E-state index contributed by atoms with van der Waals surface area (Å²) in [7, 11) is 0. The maximum atomic E-state index is 10.6. The van der Waals surface area contributed by atoms with Crippen molar-refractivity contribution in [2.45, 2.75) is 70.1 Å². The first kappa shape index (κ1) is 19.7. The van der Waals surface area contributed by atoms with Gasteiger partial charge in [-0.05, 0) is 99.2 Å². The third-order valence-electron chi connectivity index (χ3n) is 6.70. The monoisotopic (exact) mass is 365 g/mol. The van der Waals surface area contributed by atoms with Crippen LogP contribution >= 0.6 is 0 Å². The molecule has 2 aliphatic carbocycles. The van der Waals surface area contributed by atoms with E-state index in [2.05, 4.69) is 30.4 Å². The number of carboxylic acids is 1. The van der Waals surface area contributed by atoms with E-state index in [9.17, 15) is 4.79 Å². The first-order valence-corrected chi connectivity index (χ1v) is 10.5. The highest BCUT2D eigenvalue weighted by atomic mass is 16.4. The van der Waals surface area contributed by atoms with Crippen molar-refractivity contribution in [2.24, 2.45) is 17.8 Å². The van der Waals surface area contributed by atoms with Crippen molar-refractivity contribution in [3.05, 3.63) is 47.5 Å². The van der Waals surface area contributed by atoms with Crippen LogP contribution in [-0.4, -0.2) is 11.1 Å². The zero-order valence-electron chi connectivity index (χ0n) is 16.1. The smallest absolute Gasteiger partial charge is 0.303 e. The second kappa shape index (κ2) is 9.74. The molecule has 0 atom stereocenters. The summed E-state index contributed by atoms with van der Waals surface area (Å²) in [6.07, 6.45) is 15.7. The standard InChI is InChI=1S/C24H31NO2/c25-17-19-7-11-21(12-8-19)23-15-13-22(14-16-23)20-9-5-18(6-10-20)3-1-2-4-24(26)27/h1,3,7-8,11-12,18,20,22-23H,2,4-6,9-10,13-16H2,(H,26,27)/t18-,20-,22-,23-. The molecule has 0 bridgehead atoms. The lowest BCUT2D eigenvalue weighted by Gasteiger charge is -2.37. The van der Waals surface area contributed by atoms with Gasteiger partial charge in [-0.25, -0.2) is 0 Å². The molecule has 1 N–H and O–H groups in total. The van der Waals surface area contributed by atoms with Crippen molar-refractivity contribution in [2.75, 3.05) is 0 Å². The Kier molecular flexibility index (Phi) is 7.10. The van der Waals surface area contributed by atoms with Crippen LogP contribution in [0.1, 0.15) is 81.3 Å². The van der Waals surface area contributed by atoms with Crippen molar-refractivity contribution in [3.63, 3.8) is 0 Å². The minimum atomic E-state index is -0.708. The van der Waals surface area contributed by atoms with Gasteiger partial charge < -0.3 is 5.11 Å². The van der Waals surface area contributed by atoms with Crippen LogP contribution in [0.15, 0.2) is 36.4 Å². The van der Waals surface area contributed by atoms with E-state index in [1.807, 2.05) is 12.1 Å². The van der Waals surface area contributed by atoms with Crippen molar-refractivity contribution in [3.8, 4) is 6.07 Å². The maximum Gasteiger partial charge on any atom is 0.303 e. The maximum absolute atomic E-state index is 10.6. The number of aliphatic carboxylic acids is 1. The van der Waals surface area contributed by atoms with Crippen molar-refractivity contribution < 1.29 is 9.90 Å². The summed E-state index contributed by atoms with van der Waals surface area (Å²) in [4.78, 5) is 10.6. The van der Waals surface area contributed by atoms with Crippen LogP contribution in [0.25, 0.3) is 0 Å². The molecule has 0 aliphatic heterocycles. The van der Waals surface area contributed by atoms with Crippen molar-refractivity contribution in [1.29, 1.82) is 5.26 Å². The summed E-state index contributed by atoms with van der Waals surface area (Å²) in [5.74, 6) is 2.39. The summed E-state index contributed by atoms with van der Waals surface area (Å²) in [5, 5.41) is 17.6. The molecule has 0 aromatic heterocycles. The lowest BCUT2D eigenvalue weighted by atomic mass is 9.68. The zero-order valence-corrected chi connectivity index (χ0v) is 16.1. The van der Waals surface area contributed by atoms with Gasteiger partial charge in [0.1, 0.15) is 0 Å². The highest BCUT2D eigenvalue weighted by Gasteiger charge is 2.30. The molecule has 2 fully saturated rings. The second-order valence-corrected chi connectivity index (χ2v) is 8.38. The van der Waals surface area contributed by atoms with E-state index in [-0.39, 0.29) is 6.42 Å². The summed E-state index contributed by atoms with van der Waals surface area (Å²) >= 11 is 0. The molecule has 0 unspecified atom stereocenters. The number of hydrogen-bond donors (Lipinski definition) is 1. The fourth-order valence-corrected chi connectivity index (χ4v) is 5.06. The van der Waals surface area contributed by atoms with Gasteiger partial charge in [-0.3, -0.25) is 4.79 Å². The Labute approximate surface area is 163 Å². The molecule has 0 amide bonds. The normalized spacial score (nSPS) is 28.7. The topological polar surface area (TPSA) is 61.1 Å². The van der Waals surface area contributed by atoms with E-state index in [1.165, 1.54) is 56.9 Å². The fraction of sp³-hybridized carbons (Fsp3) is 0.583. The molecule has 3 heteroatoms. The van der Waals surface area contributed by atoms with Crippen LogP contribution in [0.2, 0.25) is 0 Å². The van der Waals surface area contributed by atoms with Gasteiger partial charge in [0.2, 0.25) is 0 Å². The van der Waals surface area contributed by atoms with Crippen LogP contribution in [0, 0.1) is 29.1 Å². The van der Waals surface area contributed by atoms with Gasteiger partial charge in [0, 0.05) is 6.42 Å². The number of allylic oxidation sites excluding steroid dienone is 2. The van der Waals surface area contributed by atoms with Crippen LogP contribution < -0.4 is 0 Å². The molecule has 3 rings (SSSR count). The highest BCUT2D eigenvalue weighted by molar-refractivity contribution is 5.66. The van der Waals surface area contributed by atoms with E-state index in [0.717, 1.165) is 17.4 Å². The van der Waals surface area contributed by atoms with Gasteiger partial charge in [0.25, 0.3) is 0 Å².